The zero-order chi connectivity index (χ0) is 16.9. The normalized spacial score (nSPS) is 15.7. The molecule has 1 aliphatic rings. The van der Waals surface area contributed by atoms with Gasteiger partial charge in [0.05, 0.1) is 6.54 Å². The quantitative estimate of drug-likeness (QED) is 0.858. The molecule has 0 radical (unpaired) electrons. The fourth-order valence-electron chi connectivity index (χ4n) is 2.50. The lowest BCUT2D eigenvalue weighted by molar-refractivity contribution is 0.103. The van der Waals surface area contributed by atoms with E-state index in [1.54, 1.807) is 17.0 Å². The van der Waals surface area contributed by atoms with Gasteiger partial charge in [-0.1, -0.05) is 32.0 Å². The van der Waals surface area contributed by atoms with Gasteiger partial charge >= 0.3 is 6.09 Å². The molecule has 1 amide bonds. The van der Waals surface area contributed by atoms with Crippen LogP contribution in [0.1, 0.15) is 31.5 Å². The van der Waals surface area contributed by atoms with Crippen LogP contribution < -0.4 is 4.74 Å². The number of nitrogens with zero attached hydrogens (tertiary/aromatic N) is 4. The maximum Gasteiger partial charge on any atom is 0.415 e. The van der Waals surface area contributed by atoms with Crippen LogP contribution in [0.3, 0.4) is 0 Å². The topological polar surface area (TPSA) is 71.7 Å². The Morgan fingerprint density at radius 3 is 2.50 bits per heavy atom. The number of piperazine rings is 1. The number of para-hydroxylation sites is 1. The fraction of sp³-hybridized carbons (Fsp3) is 0.471. The zero-order valence-electron chi connectivity index (χ0n) is 14.0. The Morgan fingerprint density at radius 2 is 1.88 bits per heavy atom. The number of hydrogen-bond donors (Lipinski definition) is 0. The molecule has 0 unspecified atom stereocenters. The van der Waals surface area contributed by atoms with Gasteiger partial charge in [-0.25, -0.2) is 4.79 Å². The third-order valence-electron chi connectivity index (χ3n) is 3.91. The van der Waals surface area contributed by atoms with Gasteiger partial charge in [0, 0.05) is 32.1 Å². The maximum atomic E-state index is 12.2. The molecule has 1 saturated heterocycles. The molecule has 128 valence electrons. The Balaban J connectivity index is 1.47. The summed E-state index contributed by atoms with van der Waals surface area (Å²) in [6.45, 7) is 7.41. The van der Waals surface area contributed by atoms with Crippen molar-refractivity contribution in [3.05, 3.63) is 42.1 Å². The van der Waals surface area contributed by atoms with Gasteiger partial charge < -0.3 is 14.1 Å². The Morgan fingerprint density at radius 1 is 1.17 bits per heavy atom. The molecule has 1 fully saturated rings. The van der Waals surface area contributed by atoms with Crippen LogP contribution in [0, 0.1) is 0 Å². The number of aromatic nitrogens is 2. The molecule has 0 saturated carbocycles. The molecule has 0 aliphatic carbocycles. The molecular formula is C17H22N4O3. The van der Waals surface area contributed by atoms with E-state index in [1.807, 2.05) is 32.0 Å². The molecule has 24 heavy (non-hydrogen) atoms. The van der Waals surface area contributed by atoms with Gasteiger partial charge in [-0.3, -0.25) is 4.90 Å². The maximum absolute atomic E-state index is 12.2. The molecule has 7 nitrogen and oxygen atoms in total. The minimum absolute atomic E-state index is 0.232. The van der Waals surface area contributed by atoms with E-state index in [9.17, 15) is 4.79 Å². The number of amides is 1. The molecule has 3 rings (SSSR count). The minimum Gasteiger partial charge on any atom is -0.424 e. The highest BCUT2D eigenvalue weighted by Gasteiger charge is 2.24. The summed E-state index contributed by atoms with van der Waals surface area (Å²) in [4.78, 5) is 16.1. The number of carbonyl (C=O) groups is 1. The van der Waals surface area contributed by atoms with E-state index in [1.165, 1.54) is 0 Å². The molecule has 7 heteroatoms. The van der Waals surface area contributed by atoms with Crippen LogP contribution in [0.25, 0.3) is 0 Å². The molecular weight excluding hydrogens is 308 g/mol. The van der Waals surface area contributed by atoms with Gasteiger partial charge in [0.2, 0.25) is 11.8 Å². The Bertz CT molecular complexity index is 663. The van der Waals surface area contributed by atoms with Gasteiger partial charge in [-0.2, -0.15) is 0 Å². The highest BCUT2D eigenvalue weighted by atomic mass is 16.6. The lowest BCUT2D eigenvalue weighted by atomic mass is 10.2. The number of hydrogen-bond acceptors (Lipinski definition) is 6. The molecule has 1 aromatic heterocycles. The zero-order valence-corrected chi connectivity index (χ0v) is 14.0. The van der Waals surface area contributed by atoms with Crippen LogP contribution in [-0.4, -0.2) is 52.3 Å². The molecule has 0 bridgehead atoms. The van der Waals surface area contributed by atoms with Gasteiger partial charge in [-0.15, -0.1) is 10.2 Å². The van der Waals surface area contributed by atoms with Crippen LogP contribution in [0.4, 0.5) is 4.79 Å². The van der Waals surface area contributed by atoms with Crippen LogP contribution >= 0.6 is 0 Å². The molecule has 2 aromatic rings. The summed E-state index contributed by atoms with van der Waals surface area (Å²) in [5.41, 5.74) is 0. The smallest absolute Gasteiger partial charge is 0.415 e. The predicted octanol–water partition coefficient (Wildman–Crippen LogP) is 2.51. The number of carbonyl (C=O) groups excluding carboxylic acids is 1. The lowest BCUT2D eigenvalue weighted by Crippen LogP contribution is -2.49. The minimum atomic E-state index is -0.305. The first-order valence-electron chi connectivity index (χ1n) is 8.18. The van der Waals surface area contributed by atoms with Gasteiger partial charge in [0.1, 0.15) is 5.75 Å². The molecule has 2 heterocycles. The van der Waals surface area contributed by atoms with Crippen molar-refractivity contribution in [3.8, 4) is 5.75 Å². The van der Waals surface area contributed by atoms with Crippen molar-refractivity contribution < 1.29 is 13.9 Å². The molecule has 0 atom stereocenters. The average molecular weight is 330 g/mol. The van der Waals surface area contributed by atoms with E-state index in [4.69, 9.17) is 9.15 Å². The van der Waals surface area contributed by atoms with Crippen LogP contribution in [-0.2, 0) is 6.54 Å². The van der Waals surface area contributed by atoms with E-state index in [-0.39, 0.29) is 12.0 Å². The Hall–Kier alpha value is -2.41. The van der Waals surface area contributed by atoms with E-state index in [2.05, 4.69) is 15.1 Å². The largest absolute Gasteiger partial charge is 0.424 e. The average Bonchev–Trinajstić information content (AvgIpc) is 3.05. The first-order chi connectivity index (χ1) is 11.6. The second kappa shape index (κ2) is 7.44. The molecule has 1 aliphatic heterocycles. The summed E-state index contributed by atoms with van der Waals surface area (Å²) < 4.78 is 11.0. The van der Waals surface area contributed by atoms with Crippen molar-refractivity contribution >= 4 is 6.09 Å². The van der Waals surface area contributed by atoms with Crippen molar-refractivity contribution in [1.29, 1.82) is 0 Å². The summed E-state index contributed by atoms with van der Waals surface area (Å²) in [5, 5.41) is 8.12. The van der Waals surface area contributed by atoms with Crippen LogP contribution in [0.15, 0.2) is 34.7 Å². The third-order valence-corrected chi connectivity index (χ3v) is 3.91. The van der Waals surface area contributed by atoms with Crippen molar-refractivity contribution in [2.75, 3.05) is 26.2 Å². The van der Waals surface area contributed by atoms with Crippen LogP contribution in [0.5, 0.6) is 5.75 Å². The Labute approximate surface area is 141 Å². The van der Waals surface area contributed by atoms with Gasteiger partial charge in [0.25, 0.3) is 0 Å². The number of rotatable bonds is 4. The molecule has 0 spiro atoms. The van der Waals surface area contributed by atoms with Crippen molar-refractivity contribution in [2.24, 2.45) is 0 Å². The number of benzene rings is 1. The fourth-order valence-corrected chi connectivity index (χ4v) is 2.50. The number of ether oxygens (including phenoxy) is 1. The highest BCUT2D eigenvalue weighted by Crippen LogP contribution is 2.15. The van der Waals surface area contributed by atoms with Crippen molar-refractivity contribution in [1.82, 2.24) is 20.0 Å². The summed E-state index contributed by atoms with van der Waals surface area (Å²) in [5.74, 6) is 2.09. The summed E-state index contributed by atoms with van der Waals surface area (Å²) in [6, 6.07) is 9.12. The first-order valence-corrected chi connectivity index (χ1v) is 8.18. The van der Waals surface area contributed by atoms with Gasteiger partial charge in [0.15, 0.2) is 0 Å². The SMILES string of the molecule is CC(C)c1nnc(CN2CCN(C(=O)Oc3ccccc3)CC2)o1. The lowest BCUT2D eigenvalue weighted by Gasteiger charge is -2.33. The second-order valence-corrected chi connectivity index (χ2v) is 6.13. The van der Waals surface area contributed by atoms with E-state index in [0.717, 1.165) is 13.1 Å². The molecule has 1 aromatic carbocycles. The van der Waals surface area contributed by atoms with E-state index in [0.29, 0.717) is 37.2 Å². The van der Waals surface area contributed by atoms with E-state index >= 15 is 0 Å². The highest BCUT2D eigenvalue weighted by molar-refractivity contribution is 5.70. The van der Waals surface area contributed by atoms with Gasteiger partial charge in [-0.05, 0) is 12.1 Å². The molecule has 0 N–H and O–H groups in total. The van der Waals surface area contributed by atoms with Crippen molar-refractivity contribution in [2.45, 2.75) is 26.3 Å². The summed E-state index contributed by atoms with van der Waals surface area (Å²) in [6.07, 6.45) is -0.305. The second-order valence-electron chi connectivity index (χ2n) is 6.13. The van der Waals surface area contributed by atoms with Crippen molar-refractivity contribution in [3.63, 3.8) is 0 Å². The third kappa shape index (κ3) is 4.11. The van der Waals surface area contributed by atoms with E-state index < -0.39 is 0 Å². The Kier molecular flexibility index (Phi) is 5.10. The summed E-state index contributed by atoms with van der Waals surface area (Å²) in [7, 11) is 0. The first kappa shape index (κ1) is 16.4. The predicted molar refractivity (Wildman–Crippen MR) is 87.7 cm³/mol. The van der Waals surface area contributed by atoms with Crippen LogP contribution in [0.2, 0.25) is 0 Å². The summed E-state index contributed by atoms with van der Waals surface area (Å²) >= 11 is 0. The standard InChI is InChI=1S/C17H22N4O3/c1-13(2)16-19-18-15(24-16)12-20-8-10-21(11-9-20)17(22)23-14-6-4-3-5-7-14/h3-7,13H,8-12H2,1-2H3. The monoisotopic (exact) mass is 330 g/mol.